The number of carboxylic acid groups (broad SMARTS) is 1. The van der Waals surface area contributed by atoms with Crippen LogP contribution in [0.3, 0.4) is 0 Å². The van der Waals surface area contributed by atoms with Crippen LogP contribution in [0.5, 0.6) is 11.5 Å². The van der Waals surface area contributed by atoms with Crippen molar-refractivity contribution in [1.29, 1.82) is 0 Å². The SMILES string of the molecule is COc1ccc([C@@H](C)[NH+]2CCN(C(=O)c3cccc(C(=O)[O-])c3)CC2)c(OC)c1. The normalized spacial score (nSPS) is 15.6. The number of hydrogen-bond acceptors (Lipinski definition) is 5. The fraction of sp³-hybridized carbons (Fsp3) is 0.364. The van der Waals surface area contributed by atoms with Gasteiger partial charge in [0.25, 0.3) is 5.91 Å². The van der Waals surface area contributed by atoms with Crippen LogP contribution in [0.25, 0.3) is 0 Å². The number of nitrogens with one attached hydrogen (secondary N) is 1. The molecule has 0 bridgehead atoms. The van der Waals surface area contributed by atoms with Gasteiger partial charge >= 0.3 is 0 Å². The van der Waals surface area contributed by atoms with Gasteiger partial charge in [0.15, 0.2) is 0 Å². The first-order valence-electron chi connectivity index (χ1n) is 9.61. The van der Waals surface area contributed by atoms with E-state index in [1.54, 1.807) is 31.3 Å². The van der Waals surface area contributed by atoms with Crippen molar-refractivity contribution >= 4 is 11.9 Å². The van der Waals surface area contributed by atoms with Crippen molar-refractivity contribution in [2.75, 3.05) is 40.4 Å². The third-order valence-electron chi connectivity index (χ3n) is 5.56. The van der Waals surface area contributed by atoms with Crippen molar-refractivity contribution in [3.63, 3.8) is 0 Å². The summed E-state index contributed by atoms with van der Waals surface area (Å²) in [5, 5.41) is 11.0. The third-order valence-corrected chi connectivity index (χ3v) is 5.56. The Kier molecular flexibility index (Phi) is 6.39. The van der Waals surface area contributed by atoms with Crippen LogP contribution in [0.2, 0.25) is 0 Å². The summed E-state index contributed by atoms with van der Waals surface area (Å²) in [6.07, 6.45) is 0. The lowest BCUT2D eigenvalue weighted by atomic mass is 10.0. The van der Waals surface area contributed by atoms with Crippen molar-refractivity contribution in [3.8, 4) is 11.5 Å². The molecule has 0 aromatic heterocycles. The maximum atomic E-state index is 12.8. The Balaban J connectivity index is 1.66. The summed E-state index contributed by atoms with van der Waals surface area (Å²) in [4.78, 5) is 26.9. The number of carbonyl (C=O) groups excluding carboxylic acids is 2. The molecule has 29 heavy (non-hydrogen) atoms. The highest BCUT2D eigenvalue weighted by Gasteiger charge is 2.30. The smallest absolute Gasteiger partial charge is 0.254 e. The Morgan fingerprint density at radius 3 is 2.34 bits per heavy atom. The molecule has 0 radical (unpaired) electrons. The number of ether oxygens (including phenoxy) is 2. The zero-order chi connectivity index (χ0) is 21.0. The first kappa shape index (κ1) is 20.7. The predicted octanol–water partition coefficient (Wildman–Crippen LogP) is 0.169. The molecule has 1 N–H and O–H groups in total. The highest BCUT2D eigenvalue weighted by Crippen LogP contribution is 2.28. The van der Waals surface area contributed by atoms with E-state index in [9.17, 15) is 14.7 Å². The van der Waals surface area contributed by atoms with Gasteiger partial charge in [-0.05, 0) is 36.8 Å². The van der Waals surface area contributed by atoms with E-state index in [0.717, 1.165) is 30.2 Å². The van der Waals surface area contributed by atoms with Crippen molar-refractivity contribution in [3.05, 3.63) is 59.2 Å². The lowest BCUT2D eigenvalue weighted by molar-refractivity contribution is -0.933. The summed E-state index contributed by atoms with van der Waals surface area (Å²) in [6, 6.07) is 12.1. The Morgan fingerprint density at radius 1 is 1.03 bits per heavy atom. The third kappa shape index (κ3) is 4.51. The lowest BCUT2D eigenvalue weighted by Gasteiger charge is -2.36. The van der Waals surface area contributed by atoms with Crippen molar-refractivity contribution < 1.29 is 29.1 Å². The highest BCUT2D eigenvalue weighted by molar-refractivity contribution is 5.97. The van der Waals surface area contributed by atoms with Crippen LogP contribution in [0, 0.1) is 0 Å². The predicted molar refractivity (Wildman–Crippen MR) is 105 cm³/mol. The number of hydrogen-bond donors (Lipinski definition) is 1. The second kappa shape index (κ2) is 8.96. The molecule has 0 spiro atoms. The number of amides is 1. The van der Waals surface area contributed by atoms with Crippen LogP contribution >= 0.6 is 0 Å². The van der Waals surface area contributed by atoms with Gasteiger partial charge in [-0.2, -0.15) is 0 Å². The van der Waals surface area contributed by atoms with E-state index in [1.165, 1.54) is 17.0 Å². The van der Waals surface area contributed by atoms with Crippen LogP contribution in [0.15, 0.2) is 42.5 Å². The summed E-state index contributed by atoms with van der Waals surface area (Å²) < 4.78 is 10.8. The molecule has 1 amide bonds. The van der Waals surface area contributed by atoms with Crippen LogP contribution in [-0.4, -0.2) is 57.2 Å². The molecule has 2 aromatic carbocycles. The Labute approximate surface area is 170 Å². The minimum atomic E-state index is -1.28. The van der Waals surface area contributed by atoms with Gasteiger partial charge in [-0.3, -0.25) is 4.79 Å². The average Bonchev–Trinajstić information content (AvgIpc) is 2.77. The molecule has 0 aliphatic carbocycles. The van der Waals surface area contributed by atoms with Gasteiger partial charge in [-0.15, -0.1) is 0 Å². The molecule has 1 heterocycles. The monoisotopic (exact) mass is 398 g/mol. The maximum absolute atomic E-state index is 12.8. The van der Waals surface area contributed by atoms with Crippen LogP contribution in [0.1, 0.15) is 39.2 Å². The average molecular weight is 398 g/mol. The first-order chi connectivity index (χ1) is 13.9. The number of carbonyl (C=O) groups is 2. The summed E-state index contributed by atoms with van der Waals surface area (Å²) in [6.45, 7) is 4.95. The molecule has 7 heteroatoms. The molecule has 1 fully saturated rings. The molecule has 0 unspecified atom stereocenters. The molecule has 7 nitrogen and oxygen atoms in total. The first-order valence-corrected chi connectivity index (χ1v) is 9.61. The number of carboxylic acids is 1. The van der Waals surface area contributed by atoms with Crippen molar-refractivity contribution in [2.45, 2.75) is 13.0 Å². The Bertz CT molecular complexity index is 891. The molecule has 1 atom stereocenters. The van der Waals surface area contributed by atoms with Gasteiger partial charge in [-0.1, -0.05) is 12.1 Å². The van der Waals surface area contributed by atoms with Gasteiger partial charge < -0.3 is 29.2 Å². The minimum Gasteiger partial charge on any atom is -0.545 e. The van der Waals surface area contributed by atoms with E-state index in [4.69, 9.17) is 9.47 Å². The second-order valence-electron chi connectivity index (χ2n) is 7.15. The number of methoxy groups -OCH3 is 2. The zero-order valence-corrected chi connectivity index (χ0v) is 16.9. The van der Waals surface area contributed by atoms with E-state index >= 15 is 0 Å². The number of quaternary nitrogens is 1. The fourth-order valence-corrected chi connectivity index (χ4v) is 3.79. The van der Waals surface area contributed by atoms with Crippen LogP contribution < -0.4 is 19.5 Å². The lowest BCUT2D eigenvalue weighted by Crippen LogP contribution is -3.14. The van der Waals surface area contributed by atoms with Crippen LogP contribution in [-0.2, 0) is 0 Å². The maximum Gasteiger partial charge on any atom is 0.254 e. The summed E-state index contributed by atoms with van der Waals surface area (Å²) in [7, 11) is 3.28. The molecule has 1 aliphatic heterocycles. The van der Waals surface area contributed by atoms with Gasteiger partial charge in [0, 0.05) is 11.6 Å². The van der Waals surface area contributed by atoms with E-state index in [2.05, 4.69) is 6.92 Å². The number of aromatic carboxylic acids is 1. The zero-order valence-electron chi connectivity index (χ0n) is 16.9. The molecule has 154 valence electrons. The van der Waals surface area contributed by atoms with Gasteiger partial charge in [-0.25, -0.2) is 0 Å². The Morgan fingerprint density at radius 2 is 1.72 bits per heavy atom. The van der Waals surface area contributed by atoms with Gasteiger partial charge in [0.2, 0.25) is 0 Å². The number of benzene rings is 2. The van der Waals surface area contributed by atoms with E-state index in [0.29, 0.717) is 18.7 Å². The van der Waals surface area contributed by atoms with E-state index < -0.39 is 5.97 Å². The fourth-order valence-electron chi connectivity index (χ4n) is 3.79. The second-order valence-corrected chi connectivity index (χ2v) is 7.15. The molecule has 3 rings (SSSR count). The van der Waals surface area contributed by atoms with Crippen molar-refractivity contribution in [1.82, 2.24) is 4.90 Å². The highest BCUT2D eigenvalue weighted by atomic mass is 16.5. The van der Waals surface area contributed by atoms with Gasteiger partial charge in [0.05, 0.1) is 51.9 Å². The van der Waals surface area contributed by atoms with E-state index in [1.807, 2.05) is 18.2 Å². The van der Waals surface area contributed by atoms with E-state index in [-0.39, 0.29) is 17.5 Å². The van der Waals surface area contributed by atoms with Crippen LogP contribution in [0.4, 0.5) is 0 Å². The molecule has 2 aromatic rings. The Hall–Kier alpha value is -3.06. The largest absolute Gasteiger partial charge is 0.545 e. The minimum absolute atomic E-state index is 0.0142. The summed E-state index contributed by atoms with van der Waals surface area (Å²) in [5.74, 6) is 0.113. The topological polar surface area (TPSA) is 83.3 Å². The van der Waals surface area contributed by atoms with Crippen molar-refractivity contribution in [2.24, 2.45) is 0 Å². The molecular weight excluding hydrogens is 372 g/mol. The summed E-state index contributed by atoms with van der Waals surface area (Å²) >= 11 is 0. The molecule has 1 saturated heterocycles. The number of piperazine rings is 1. The summed E-state index contributed by atoms with van der Waals surface area (Å²) in [5.41, 5.74) is 1.49. The number of rotatable bonds is 6. The standard InChI is InChI=1S/C22H26N2O5/c1-15(19-8-7-18(28-2)14-20(19)29-3)23-9-11-24(12-10-23)21(25)16-5-4-6-17(13-16)22(26)27/h4-8,13-15H,9-12H2,1-3H3,(H,26,27)/t15-/m1/s1. The molecule has 1 aliphatic rings. The molecular formula is C22H26N2O5. The van der Waals surface area contributed by atoms with Gasteiger partial charge in [0.1, 0.15) is 17.5 Å². The molecule has 0 saturated carbocycles. The number of nitrogens with zero attached hydrogens (tertiary/aromatic N) is 1. The quantitative estimate of drug-likeness (QED) is 0.750.